The van der Waals surface area contributed by atoms with Crippen LogP contribution in [0.2, 0.25) is 0 Å². The molecule has 0 aliphatic heterocycles. The highest BCUT2D eigenvalue weighted by Crippen LogP contribution is 2.30. The van der Waals surface area contributed by atoms with Gasteiger partial charge in [0.1, 0.15) is 5.82 Å². The van der Waals surface area contributed by atoms with E-state index in [0.717, 1.165) is 6.42 Å². The highest BCUT2D eigenvalue weighted by atomic mass is 19.4. The van der Waals surface area contributed by atoms with Gasteiger partial charge in [-0.05, 0) is 37.0 Å². The molecule has 1 aromatic carbocycles. The third-order valence-electron chi connectivity index (χ3n) is 2.67. The number of hydrogen-bond acceptors (Lipinski definition) is 2. The van der Waals surface area contributed by atoms with Gasteiger partial charge in [-0.25, -0.2) is 9.18 Å². The first-order valence-electron chi connectivity index (χ1n) is 6.25. The summed E-state index contributed by atoms with van der Waals surface area (Å²) in [5, 5.41) is 0. The molecule has 0 aliphatic rings. The Balaban J connectivity index is 2.72. The zero-order valence-electron chi connectivity index (χ0n) is 11.3. The van der Waals surface area contributed by atoms with E-state index in [4.69, 9.17) is 4.74 Å². The smallest absolute Gasteiger partial charge is 0.416 e. The Morgan fingerprint density at radius 2 is 1.95 bits per heavy atom. The standard InChI is InChI=1S/C14H16F4O2/c1-9(2)4-3-7-20-13(19)11-8-10(14(16,17)18)5-6-12(11)15/h5-6,8-9H,3-4,7H2,1-2H3. The molecule has 0 heterocycles. The summed E-state index contributed by atoms with van der Waals surface area (Å²) in [6, 6.07) is 1.68. The molecule has 0 N–H and O–H groups in total. The Labute approximate surface area is 114 Å². The number of rotatable bonds is 5. The Bertz CT molecular complexity index is 467. The number of hydrogen-bond donors (Lipinski definition) is 0. The summed E-state index contributed by atoms with van der Waals surface area (Å²) in [5.41, 5.74) is -1.77. The van der Waals surface area contributed by atoms with Crippen LogP contribution in [0.4, 0.5) is 17.6 Å². The van der Waals surface area contributed by atoms with E-state index in [1.54, 1.807) is 0 Å². The van der Waals surface area contributed by atoms with Crippen molar-refractivity contribution < 1.29 is 27.1 Å². The maximum absolute atomic E-state index is 13.4. The van der Waals surface area contributed by atoms with Gasteiger partial charge in [0, 0.05) is 0 Å². The van der Waals surface area contributed by atoms with Crippen molar-refractivity contribution in [2.75, 3.05) is 6.61 Å². The summed E-state index contributed by atoms with van der Waals surface area (Å²) in [6.07, 6.45) is -3.22. The Hall–Kier alpha value is -1.59. The largest absolute Gasteiger partial charge is 0.462 e. The summed E-state index contributed by atoms with van der Waals surface area (Å²) in [6.45, 7) is 4.05. The fraction of sp³-hybridized carbons (Fsp3) is 0.500. The van der Waals surface area contributed by atoms with Crippen molar-refractivity contribution >= 4 is 5.97 Å². The molecular weight excluding hydrogens is 276 g/mol. The number of halogens is 4. The van der Waals surface area contributed by atoms with Gasteiger partial charge < -0.3 is 4.74 Å². The third-order valence-corrected chi connectivity index (χ3v) is 2.67. The topological polar surface area (TPSA) is 26.3 Å². The van der Waals surface area contributed by atoms with Crippen molar-refractivity contribution in [3.8, 4) is 0 Å². The average Bonchev–Trinajstić information content (AvgIpc) is 2.33. The minimum Gasteiger partial charge on any atom is -0.462 e. The minimum atomic E-state index is -4.62. The van der Waals surface area contributed by atoms with E-state index < -0.39 is 29.1 Å². The van der Waals surface area contributed by atoms with E-state index in [9.17, 15) is 22.4 Å². The summed E-state index contributed by atoms with van der Waals surface area (Å²) in [7, 11) is 0. The van der Waals surface area contributed by atoms with Crippen LogP contribution in [0.15, 0.2) is 18.2 Å². The van der Waals surface area contributed by atoms with Crippen LogP contribution in [0.1, 0.15) is 42.6 Å². The van der Waals surface area contributed by atoms with Crippen LogP contribution in [-0.2, 0) is 10.9 Å². The SMILES string of the molecule is CC(C)CCCOC(=O)c1cc(C(F)(F)F)ccc1F. The van der Waals surface area contributed by atoms with Gasteiger partial charge in [0.05, 0.1) is 17.7 Å². The van der Waals surface area contributed by atoms with Gasteiger partial charge in [0.25, 0.3) is 0 Å². The number of ether oxygens (including phenoxy) is 1. The monoisotopic (exact) mass is 292 g/mol. The molecule has 0 spiro atoms. The van der Waals surface area contributed by atoms with E-state index in [2.05, 4.69) is 0 Å². The molecule has 112 valence electrons. The van der Waals surface area contributed by atoms with Gasteiger partial charge in [0.2, 0.25) is 0 Å². The van der Waals surface area contributed by atoms with Gasteiger partial charge in [-0.2, -0.15) is 13.2 Å². The molecular formula is C14H16F4O2. The lowest BCUT2D eigenvalue weighted by molar-refractivity contribution is -0.137. The van der Waals surface area contributed by atoms with Crippen LogP contribution in [-0.4, -0.2) is 12.6 Å². The number of carbonyl (C=O) groups is 1. The molecule has 0 radical (unpaired) electrons. The first-order valence-corrected chi connectivity index (χ1v) is 6.25. The van der Waals surface area contributed by atoms with Crippen LogP contribution in [0.3, 0.4) is 0 Å². The molecule has 0 bridgehead atoms. The minimum absolute atomic E-state index is 0.0622. The highest BCUT2D eigenvalue weighted by Gasteiger charge is 2.32. The number of benzene rings is 1. The van der Waals surface area contributed by atoms with Gasteiger partial charge in [0.15, 0.2) is 0 Å². The van der Waals surface area contributed by atoms with Crippen molar-refractivity contribution in [1.82, 2.24) is 0 Å². The quantitative estimate of drug-likeness (QED) is 0.455. The number of alkyl halides is 3. The molecule has 0 unspecified atom stereocenters. The molecule has 0 aliphatic carbocycles. The highest BCUT2D eigenvalue weighted by molar-refractivity contribution is 5.89. The zero-order chi connectivity index (χ0) is 15.3. The second-order valence-electron chi connectivity index (χ2n) is 4.86. The van der Waals surface area contributed by atoms with Crippen molar-refractivity contribution in [1.29, 1.82) is 0 Å². The molecule has 0 saturated heterocycles. The van der Waals surface area contributed by atoms with Gasteiger partial charge in [-0.15, -0.1) is 0 Å². The van der Waals surface area contributed by atoms with Gasteiger partial charge >= 0.3 is 12.1 Å². The van der Waals surface area contributed by atoms with Crippen molar-refractivity contribution in [3.05, 3.63) is 35.1 Å². The lowest BCUT2D eigenvalue weighted by Gasteiger charge is -2.10. The molecule has 6 heteroatoms. The molecule has 0 saturated carbocycles. The van der Waals surface area contributed by atoms with E-state index in [0.29, 0.717) is 30.5 Å². The van der Waals surface area contributed by atoms with Crippen LogP contribution in [0.25, 0.3) is 0 Å². The summed E-state index contributed by atoms with van der Waals surface area (Å²) < 4.78 is 55.6. The van der Waals surface area contributed by atoms with E-state index in [1.165, 1.54) is 0 Å². The second-order valence-corrected chi connectivity index (χ2v) is 4.86. The van der Waals surface area contributed by atoms with Crippen molar-refractivity contribution in [2.24, 2.45) is 5.92 Å². The average molecular weight is 292 g/mol. The van der Waals surface area contributed by atoms with Crippen molar-refractivity contribution in [3.63, 3.8) is 0 Å². The number of carbonyl (C=O) groups excluding carboxylic acids is 1. The van der Waals surface area contributed by atoms with Gasteiger partial charge in [-0.3, -0.25) is 0 Å². The second kappa shape index (κ2) is 6.72. The molecule has 20 heavy (non-hydrogen) atoms. The molecule has 1 rings (SSSR count). The molecule has 2 nitrogen and oxygen atoms in total. The van der Waals surface area contributed by atoms with Crippen LogP contribution in [0.5, 0.6) is 0 Å². The Morgan fingerprint density at radius 3 is 2.50 bits per heavy atom. The number of esters is 1. The van der Waals surface area contributed by atoms with Crippen LogP contribution < -0.4 is 0 Å². The summed E-state index contributed by atoms with van der Waals surface area (Å²) in [4.78, 5) is 11.6. The lowest BCUT2D eigenvalue weighted by atomic mass is 10.1. The van der Waals surface area contributed by atoms with Crippen LogP contribution >= 0.6 is 0 Å². The van der Waals surface area contributed by atoms with E-state index in [-0.39, 0.29) is 6.61 Å². The first kappa shape index (κ1) is 16.5. The predicted octanol–water partition coefficient (Wildman–Crippen LogP) is 4.44. The molecule has 0 fully saturated rings. The fourth-order valence-corrected chi connectivity index (χ4v) is 1.59. The zero-order valence-corrected chi connectivity index (χ0v) is 11.3. The molecule has 0 aromatic heterocycles. The molecule has 0 amide bonds. The summed E-state index contributed by atoms with van der Waals surface area (Å²) in [5.74, 6) is -1.66. The van der Waals surface area contributed by atoms with E-state index in [1.807, 2.05) is 13.8 Å². The fourth-order valence-electron chi connectivity index (χ4n) is 1.59. The maximum Gasteiger partial charge on any atom is 0.416 e. The molecule has 1 aromatic rings. The van der Waals surface area contributed by atoms with Gasteiger partial charge in [-0.1, -0.05) is 13.8 Å². The predicted molar refractivity (Wildman–Crippen MR) is 65.8 cm³/mol. The lowest BCUT2D eigenvalue weighted by Crippen LogP contribution is -2.12. The normalized spacial score (nSPS) is 11.8. The molecule has 0 atom stereocenters. The third kappa shape index (κ3) is 4.83. The Morgan fingerprint density at radius 1 is 1.30 bits per heavy atom. The summed E-state index contributed by atoms with van der Waals surface area (Å²) >= 11 is 0. The van der Waals surface area contributed by atoms with Crippen LogP contribution in [0, 0.1) is 11.7 Å². The first-order chi connectivity index (χ1) is 9.21. The van der Waals surface area contributed by atoms with E-state index >= 15 is 0 Å². The maximum atomic E-state index is 13.4. The Kier molecular flexibility index (Phi) is 5.53. The van der Waals surface area contributed by atoms with Crippen molar-refractivity contribution in [2.45, 2.75) is 32.9 Å².